The quantitative estimate of drug-likeness (QED) is 0.153. The van der Waals surface area contributed by atoms with Crippen molar-refractivity contribution in [3.8, 4) is 0 Å². The predicted octanol–water partition coefficient (Wildman–Crippen LogP) is 3.41. The molecule has 0 fully saturated rings. The third kappa shape index (κ3) is 5.28. The fourth-order valence-corrected chi connectivity index (χ4v) is 3.44. The van der Waals surface area contributed by atoms with Crippen LogP contribution in [0.1, 0.15) is 31.7 Å². The fraction of sp³-hybridized carbons (Fsp3) is 0.421. The van der Waals surface area contributed by atoms with Crippen LogP contribution < -0.4 is 0 Å². The Morgan fingerprint density at radius 2 is 2.03 bits per heavy atom. The zero-order valence-corrected chi connectivity index (χ0v) is 16.5. The molecule has 0 aliphatic carbocycles. The highest BCUT2D eigenvalue weighted by Crippen LogP contribution is 2.40. The van der Waals surface area contributed by atoms with Crippen molar-refractivity contribution in [3.05, 3.63) is 61.7 Å². The first-order valence-electron chi connectivity index (χ1n) is 9.12. The van der Waals surface area contributed by atoms with E-state index in [9.17, 15) is 24.8 Å². The standard InChI is InChI=1S/C19H21N5O6/c1-11-16(12(2)25)17(13-4-6-14(7-5-13)24(28)29)18(19(26)27)15(22-11)10-30-9-3-8-21-23-20/h4-7,16-17H,3,8-10H2,1-2H3,(H,26,27). The Kier molecular flexibility index (Phi) is 7.79. The van der Waals surface area contributed by atoms with Crippen LogP contribution in [0.15, 0.2) is 45.6 Å². The van der Waals surface area contributed by atoms with Gasteiger partial charge < -0.3 is 9.84 Å². The Morgan fingerprint density at radius 3 is 2.57 bits per heavy atom. The number of nitrogens with zero attached hydrogens (tertiary/aromatic N) is 5. The van der Waals surface area contributed by atoms with Crippen LogP contribution in [0.2, 0.25) is 0 Å². The van der Waals surface area contributed by atoms with E-state index in [0.29, 0.717) is 17.7 Å². The molecule has 158 valence electrons. The van der Waals surface area contributed by atoms with Gasteiger partial charge in [-0.1, -0.05) is 17.2 Å². The van der Waals surface area contributed by atoms with Gasteiger partial charge in [0.05, 0.1) is 28.7 Å². The van der Waals surface area contributed by atoms with Gasteiger partial charge in [0.25, 0.3) is 5.69 Å². The number of rotatable bonds is 10. The first kappa shape index (κ1) is 22.7. The summed E-state index contributed by atoms with van der Waals surface area (Å²) in [5.41, 5.74) is 9.15. The van der Waals surface area contributed by atoms with Crippen molar-refractivity contribution in [2.75, 3.05) is 19.8 Å². The normalized spacial score (nSPS) is 18.4. The zero-order chi connectivity index (χ0) is 22.3. The van der Waals surface area contributed by atoms with Crippen LogP contribution in [0.5, 0.6) is 0 Å². The van der Waals surface area contributed by atoms with E-state index in [1.54, 1.807) is 6.92 Å². The highest BCUT2D eigenvalue weighted by molar-refractivity contribution is 6.08. The summed E-state index contributed by atoms with van der Waals surface area (Å²) in [6, 6.07) is 5.47. The lowest BCUT2D eigenvalue weighted by atomic mass is 9.74. The SMILES string of the molecule is CC(=O)C1C(C)=NC(COCCCN=[N+]=[N-])=C(C(=O)O)C1c1ccc([N+](=O)[O-])cc1. The maximum atomic E-state index is 12.3. The highest BCUT2D eigenvalue weighted by Gasteiger charge is 2.40. The molecular weight excluding hydrogens is 394 g/mol. The summed E-state index contributed by atoms with van der Waals surface area (Å²) in [4.78, 5) is 41.8. The Bertz CT molecular complexity index is 947. The van der Waals surface area contributed by atoms with Crippen molar-refractivity contribution < 1.29 is 24.4 Å². The number of carbonyl (C=O) groups excluding carboxylic acids is 1. The van der Waals surface area contributed by atoms with Gasteiger partial charge in [-0.25, -0.2) is 4.79 Å². The third-order valence-electron chi connectivity index (χ3n) is 4.70. The van der Waals surface area contributed by atoms with Crippen molar-refractivity contribution in [2.45, 2.75) is 26.2 Å². The minimum atomic E-state index is -1.24. The average Bonchev–Trinajstić information content (AvgIpc) is 2.69. The first-order chi connectivity index (χ1) is 14.3. The van der Waals surface area contributed by atoms with Crippen molar-refractivity contribution in [1.29, 1.82) is 0 Å². The molecule has 1 aliphatic rings. The molecule has 0 saturated heterocycles. The number of ether oxygens (including phenoxy) is 1. The lowest BCUT2D eigenvalue weighted by Gasteiger charge is -2.31. The molecule has 0 radical (unpaired) electrons. The Labute approximate surface area is 171 Å². The van der Waals surface area contributed by atoms with Crippen molar-refractivity contribution in [2.24, 2.45) is 16.0 Å². The van der Waals surface area contributed by atoms with E-state index in [1.807, 2.05) is 0 Å². The zero-order valence-electron chi connectivity index (χ0n) is 16.5. The smallest absolute Gasteiger partial charge is 0.334 e. The molecule has 1 aromatic rings. The fourth-order valence-electron chi connectivity index (χ4n) is 3.44. The number of ketones is 1. The van der Waals surface area contributed by atoms with E-state index in [4.69, 9.17) is 10.3 Å². The molecule has 11 heteroatoms. The Balaban J connectivity index is 2.42. The van der Waals surface area contributed by atoms with Gasteiger partial charge in [0, 0.05) is 41.8 Å². The maximum absolute atomic E-state index is 12.3. The van der Waals surface area contributed by atoms with Crippen LogP contribution >= 0.6 is 0 Å². The number of hydrogen-bond donors (Lipinski definition) is 1. The second-order valence-corrected chi connectivity index (χ2v) is 6.69. The number of nitro groups is 1. The predicted molar refractivity (Wildman–Crippen MR) is 107 cm³/mol. The molecule has 30 heavy (non-hydrogen) atoms. The largest absolute Gasteiger partial charge is 0.478 e. The molecule has 0 saturated carbocycles. The molecule has 1 N–H and O–H groups in total. The number of Topliss-reactive ketones (excluding diaryl/α,β-unsaturated/α-hetero) is 1. The second-order valence-electron chi connectivity index (χ2n) is 6.69. The van der Waals surface area contributed by atoms with E-state index < -0.39 is 22.7 Å². The van der Waals surface area contributed by atoms with E-state index in [2.05, 4.69) is 15.0 Å². The number of azide groups is 1. The molecule has 1 aromatic carbocycles. The van der Waals surface area contributed by atoms with Gasteiger partial charge in [0.1, 0.15) is 5.78 Å². The second kappa shape index (κ2) is 10.3. The first-order valence-corrected chi connectivity index (χ1v) is 9.12. The molecule has 2 atom stereocenters. The number of benzene rings is 1. The molecule has 2 unspecified atom stereocenters. The molecule has 0 spiro atoms. The average molecular weight is 415 g/mol. The molecular formula is C19H21N5O6. The van der Waals surface area contributed by atoms with E-state index >= 15 is 0 Å². The van der Waals surface area contributed by atoms with E-state index in [0.717, 1.165) is 0 Å². The van der Waals surface area contributed by atoms with Crippen LogP contribution in [-0.4, -0.2) is 47.3 Å². The summed E-state index contributed by atoms with van der Waals surface area (Å²) < 4.78 is 5.49. The molecule has 11 nitrogen and oxygen atoms in total. The number of hydrogen-bond acceptors (Lipinski definition) is 7. The van der Waals surface area contributed by atoms with Crippen LogP contribution in [-0.2, 0) is 14.3 Å². The summed E-state index contributed by atoms with van der Waals surface area (Å²) in [7, 11) is 0. The van der Waals surface area contributed by atoms with Gasteiger partial charge in [-0.15, -0.1) is 0 Å². The van der Waals surface area contributed by atoms with Gasteiger partial charge in [0.15, 0.2) is 0 Å². The minimum absolute atomic E-state index is 0.0790. The van der Waals surface area contributed by atoms with E-state index in [-0.39, 0.29) is 42.5 Å². The highest BCUT2D eigenvalue weighted by atomic mass is 16.6. The monoisotopic (exact) mass is 415 g/mol. The number of carbonyl (C=O) groups is 2. The van der Waals surface area contributed by atoms with Crippen LogP contribution in [0.4, 0.5) is 5.69 Å². The molecule has 1 aliphatic heterocycles. The molecule has 0 amide bonds. The minimum Gasteiger partial charge on any atom is -0.478 e. The van der Waals surface area contributed by atoms with Crippen molar-refractivity contribution in [1.82, 2.24) is 0 Å². The van der Waals surface area contributed by atoms with Crippen molar-refractivity contribution in [3.63, 3.8) is 0 Å². The van der Waals surface area contributed by atoms with Gasteiger partial charge in [-0.2, -0.15) is 0 Å². The third-order valence-corrected chi connectivity index (χ3v) is 4.70. The summed E-state index contributed by atoms with van der Waals surface area (Å²) in [6.07, 6.45) is 0.463. The van der Waals surface area contributed by atoms with E-state index in [1.165, 1.54) is 31.2 Å². The van der Waals surface area contributed by atoms with Gasteiger partial charge >= 0.3 is 5.97 Å². The summed E-state index contributed by atoms with van der Waals surface area (Å²) in [6.45, 7) is 3.40. The van der Waals surface area contributed by atoms with Crippen LogP contribution in [0.25, 0.3) is 10.4 Å². The molecule has 0 bridgehead atoms. The summed E-state index contributed by atoms with van der Waals surface area (Å²) in [5.74, 6) is -3.15. The Hall–Kier alpha value is -3.56. The number of aliphatic carboxylic acids is 1. The lowest BCUT2D eigenvalue weighted by molar-refractivity contribution is -0.384. The van der Waals surface area contributed by atoms with Crippen molar-refractivity contribution >= 4 is 23.2 Å². The Morgan fingerprint density at radius 1 is 1.37 bits per heavy atom. The number of nitro benzene ring substituents is 1. The summed E-state index contributed by atoms with van der Waals surface area (Å²) >= 11 is 0. The van der Waals surface area contributed by atoms with Gasteiger partial charge in [0.2, 0.25) is 0 Å². The van der Waals surface area contributed by atoms with Crippen LogP contribution in [0.3, 0.4) is 0 Å². The van der Waals surface area contributed by atoms with Gasteiger partial charge in [-0.3, -0.25) is 19.9 Å². The van der Waals surface area contributed by atoms with Gasteiger partial charge in [-0.05, 0) is 31.4 Å². The number of carboxylic acids is 1. The molecule has 2 rings (SSSR count). The summed E-state index contributed by atoms with van der Waals surface area (Å²) in [5, 5.41) is 24.2. The maximum Gasteiger partial charge on any atom is 0.334 e. The topological polar surface area (TPSA) is 168 Å². The van der Waals surface area contributed by atoms with Crippen LogP contribution in [0, 0.1) is 16.0 Å². The number of non-ortho nitro benzene ring substituents is 1. The molecule has 0 aromatic heterocycles. The number of aliphatic imine (C=N–C) groups is 1. The number of carboxylic acid groups (broad SMARTS) is 1. The lowest BCUT2D eigenvalue weighted by Crippen LogP contribution is -2.34. The molecule has 1 heterocycles.